The highest BCUT2D eigenvalue weighted by Gasteiger charge is 1.88. The normalized spacial score (nSPS) is 6.67. The molecule has 0 spiro atoms. The average Bonchev–Trinajstić information content (AvgIpc) is 1.89. The van der Waals surface area contributed by atoms with Gasteiger partial charge in [-0.15, -0.1) is 13.2 Å². The van der Waals surface area contributed by atoms with Crippen LogP contribution >= 0.6 is 0 Å². The Kier molecular flexibility index (Phi) is 30.2. The maximum absolute atomic E-state index is 9.55. The van der Waals surface area contributed by atoms with Gasteiger partial charge in [-0.1, -0.05) is 0 Å². The highest BCUT2D eigenvalue weighted by Crippen LogP contribution is 1.70. The molecule has 0 atom stereocenters. The minimum Gasteiger partial charge on any atom is -0.478 e. The summed E-state index contributed by atoms with van der Waals surface area (Å²) in [5.41, 5.74) is 0. The van der Waals surface area contributed by atoms with Crippen LogP contribution in [0.15, 0.2) is 25.3 Å². The molecule has 0 heterocycles. The Balaban J connectivity index is -0.0000000740. The Labute approximate surface area is 70.4 Å². The molecule has 0 aromatic carbocycles. The third-order valence-electron chi connectivity index (χ3n) is 0.368. The van der Waals surface area contributed by atoms with Crippen molar-refractivity contribution < 1.29 is 19.8 Å². The van der Waals surface area contributed by atoms with E-state index in [0.717, 1.165) is 0 Å². The van der Waals surface area contributed by atoms with Crippen molar-refractivity contribution in [1.82, 2.24) is 12.3 Å². The van der Waals surface area contributed by atoms with E-state index in [-0.39, 0.29) is 12.3 Å². The van der Waals surface area contributed by atoms with Crippen molar-refractivity contribution in [2.24, 2.45) is 0 Å². The molecule has 0 fully saturated rings. The smallest absolute Gasteiger partial charge is 0.328 e. The summed E-state index contributed by atoms with van der Waals surface area (Å²) in [6.45, 7) is 6.00. The number of carboxylic acids is 2. The van der Waals surface area contributed by atoms with Crippen LogP contribution in [0.1, 0.15) is 0 Å². The second-order valence-corrected chi connectivity index (χ2v) is 1.01. The van der Waals surface area contributed by atoms with Gasteiger partial charge < -0.3 is 22.5 Å². The van der Waals surface area contributed by atoms with E-state index in [9.17, 15) is 9.59 Å². The Morgan fingerprint density at radius 2 is 1.08 bits per heavy atom. The van der Waals surface area contributed by atoms with Crippen LogP contribution in [0.3, 0.4) is 0 Å². The minimum absolute atomic E-state index is 0. The number of rotatable bonds is 2. The van der Waals surface area contributed by atoms with E-state index >= 15 is 0 Å². The van der Waals surface area contributed by atoms with Gasteiger partial charge in [-0.2, -0.15) is 0 Å². The monoisotopic (exact) mass is 178 g/mol. The molecule has 0 aliphatic carbocycles. The van der Waals surface area contributed by atoms with Crippen LogP contribution in [0.5, 0.6) is 0 Å². The van der Waals surface area contributed by atoms with Gasteiger partial charge in [-0.05, 0) is 0 Å². The van der Waals surface area contributed by atoms with Crippen LogP contribution in [0.4, 0.5) is 0 Å². The SMILES string of the molecule is C=C.N.N.O=C(O)/C=C/C(=O)O. The fourth-order valence-corrected chi connectivity index (χ4v) is 0.143. The average molecular weight is 178 g/mol. The highest BCUT2D eigenvalue weighted by atomic mass is 16.4. The molecule has 0 amide bonds. The van der Waals surface area contributed by atoms with Gasteiger partial charge in [0, 0.05) is 12.2 Å². The van der Waals surface area contributed by atoms with Crippen molar-refractivity contribution in [2.75, 3.05) is 0 Å². The molecule has 0 aromatic heterocycles. The topological polar surface area (TPSA) is 145 Å². The third-order valence-corrected chi connectivity index (χ3v) is 0.368. The maximum atomic E-state index is 9.55. The number of carbonyl (C=O) groups is 2. The second kappa shape index (κ2) is 16.2. The van der Waals surface area contributed by atoms with Gasteiger partial charge in [-0.3, -0.25) is 0 Å². The second-order valence-electron chi connectivity index (χ2n) is 1.01. The van der Waals surface area contributed by atoms with Gasteiger partial charge >= 0.3 is 11.9 Å². The summed E-state index contributed by atoms with van der Waals surface area (Å²) in [5, 5.41) is 15.6. The largest absolute Gasteiger partial charge is 0.478 e. The van der Waals surface area contributed by atoms with Gasteiger partial charge in [-0.25, -0.2) is 9.59 Å². The van der Waals surface area contributed by atoms with Crippen molar-refractivity contribution in [3.8, 4) is 0 Å². The quantitative estimate of drug-likeness (QED) is 0.364. The third kappa shape index (κ3) is 40.3. The predicted octanol–water partition coefficient (Wildman–Crippen LogP) is 0.838. The first-order chi connectivity index (χ1) is 4.63. The lowest BCUT2D eigenvalue weighted by atomic mass is 10.5. The zero-order valence-electron chi connectivity index (χ0n) is 6.69. The van der Waals surface area contributed by atoms with Crippen molar-refractivity contribution >= 4 is 11.9 Å². The van der Waals surface area contributed by atoms with E-state index in [2.05, 4.69) is 13.2 Å². The van der Waals surface area contributed by atoms with E-state index in [0.29, 0.717) is 12.2 Å². The Morgan fingerprint density at radius 1 is 0.917 bits per heavy atom. The molecule has 0 unspecified atom stereocenters. The molecule has 72 valence electrons. The summed E-state index contributed by atoms with van der Waals surface area (Å²) in [5.74, 6) is -2.51. The van der Waals surface area contributed by atoms with E-state index in [1.807, 2.05) is 0 Å². The molecule has 8 N–H and O–H groups in total. The molecular weight excluding hydrogens is 164 g/mol. The van der Waals surface area contributed by atoms with Crippen molar-refractivity contribution in [2.45, 2.75) is 0 Å². The minimum atomic E-state index is -1.26. The van der Waals surface area contributed by atoms with Crippen LogP contribution in [0.2, 0.25) is 0 Å². The van der Waals surface area contributed by atoms with Crippen molar-refractivity contribution in [3.05, 3.63) is 25.3 Å². The van der Waals surface area contributed by atoms with E-state index in [4.69, 9.17) is 10.2 Å². The maximum Gasteiger partial charge on any atom is 0.328 e. The summed E-state index contributed by atoms with van der Waals surface area (Å²) >= 11 is 0. The lowest BCUT2D eigenvalue weighted by molar-refractivity contribution is -0.134. The van der Waals surface area contributed by atoms with Gasteiger partial charge in [0.1, 0.15) is 0 Å². The molecule has 0 radical (unpaired) electrons. The van der Waals surface area contributed by atoms with E-state index in [1.54, 1.807) is 0 Å². The van der Waals surface area contributed by atoms with Crippen LogP contribution in [-0.4, -0.2) is 22.2 Å². The number of hydrogen-bond donors (Lipinski definition) is 4. The summed E-state index contributed by atoms with van der Waals surface area (Å²) < 4.78 is 0. The van der Waals surface area contributed by atoms with Crippen LogP contribution in [0.25, 0.3) is 0 Å². The summed E-state index contributed by atoms with van der Waals surface area (Å²) in [7, 11) is 0. The molecule has 0 saturated heterocycles. The molecule has 12 heavy (non-hydrogen) atoms. The molecule has 6 nitrogen and oxygen atoms in total. The zero-order chi connectivity index (χ0) is 8.57. The Hall–Kier alpha value is -1.66. The molecule has 0 bridgehead atoms. The number of aliphatic carboxylic acids is 2. The predicted molar refractivity (Wildman–Crippen MR) is 45.7 cm³/mol. The van der Waals surface area contributed by atoms with Crippen LogP contribution in [0, 0.1) is 0 Å². The number of carboxylic acid groups (broad SMARTS) is 2. The Morgan fingerprint density at radius 3 is 1.17 bits per heavy atom. The van der Waals surface area contributed by atoms with Gasteiger partial charge in [0.2, 0.25) is 0 Å². The van der Waals surface area contributed by atoms with Gasteiger partial charge in [0.25, 0.3) is 0 Å². The summed E-state index contributed by atoms with van der Waals surface area (Å²) in [6.07, 6.45) is 1.12. The lowest BCUT2D eigenvalue weighted by Gasteiger charge is -1.74. The van der Waals surface area contributed by atoms with Gasteiger partial charge in [0.05, 0.1) is 0 Å². The first kappa shape index (κ1) is 22.4. The summed E-state index contributed by atoms with van der Waals surface area (Å²) in [6, 6.07) is 0. The number of hydrogen-bond acceptors (Lipinski definition) is 4. The molecule has 0 aliphatic rings. The molecule has 0 aliphatic heterocycles. The first-order valence-electron chi connectivity index (χ1n) is 2.27. The Bertz CT molecular complexity index is 140. The van der Waals surface area contributed by atoms with E-state index < -0.39 is 11.9 Å². The summed E-state index contributed by atoms with van der Waals surface area (Å²) in [4.78, 5) is 19.1. The lowest BCUT2D eigenvalue weighted by Crippen LogP contribution is -1.91. The van der Waals surface area contributed by atoms with E-state index in [1.165, 1.54) is 0 Å². The fraction of sp³-hybridized carbons (Fsp3) is 0. The molecule has 0 rings (SSSR count). The van der Waals surface area contributed by atoms with Gasteiger partial charge in [0.15, 0.2) is 0 Å². The standard InChI is InChI=1S/C4H4O4.C2H4.2H3N/c5-3(6)1-2-4(7)8;1-2;;/h1-2H,(H,5,6)(H,7,8);1-2H2;2*1H3/b2-1+;;;. The molecule has 6 heteroatoms. The molecule has 0 saturated carbocycles. The highest BCUT2D eigenvalue weighted by molar-refractivity contribution is 5.89. The first-order valence-corrected chi connectivity index (χ1v) is 2.27. The van der Waals surface area contributed by atoms with Crippen LogP contribution < -0.4 is 12.3 Å². The zero-order valence-corrected chi connectivity index (χ0v) is 6.69. The molecule has 0 aromatic rings. The molecular formula is C6H14N2O4. The fourth-order valence-electron chi connectivity index (χ4n) is 0.143. The van der Waals surface area contributed by atoms with Crippen molar-refractivity contribution in [3.63, 3.8) is 0 Å². The van der Waals surface area contributed by atoms with Crippen molar-refractivity contribution in [1.29, 1.82) is 0 Å². The van der Waals surface area contributed by atoms with Crippen LogP contribution in [-0.2, 0) is 9.59 Å².